The van der Waals surface area contributed by atoms with E-state index in [1.54, 1.807) is 18.9 Å². The van der Waals surface area contributed by atoms with Crippen LogP contribution in [0.1, 0.15) is 12.5 Å². The normalized spacial score (nSPS) is 15.0. The minimum atomic E-state index is -0.277. The number of methoxy groups -OCH3 is 1. The molecule has 132 valence electrons. The van der Waals surface area contributed by atoms with Gasteiger partial charge in [0.05, 0.1) is 20.3 Å². The molecule has 1 aliphatic rings. The van der Waals surface area contributed by atoms with Gasteiger partial charge in [0.1, 0.15) is 5.75 Å². The molecule has 0 spiro atoms. The van der Waals surface area contributed by atoms with E-state index in [0.29, 0.717) is 45.9 Å². The molecular formula is C17H25N3O4. The fourth-order valence-corrected chi connectivity index (χ4v) is 2.51. The maximum atomic E-state index is 12.0. The molecule has 1 saturated heterocycles. The number of carbonyl (C=O) groups is 2. The van der Waals surface area contributed by atoms with E-state index in [1.807, 2.05) is 29.2 Å². The minimum Gasteiger partial charge on any atom is -0.497 e. The summed E-state index contributed by atoms with van der Waals surface area (Å²) in [7, 11) is 1.62. The standard InChI is InChI=1S/C17H25N3O4/c1-3-24-17(22)20-10-8-19(9-11-20)13-16(21)18-12-14-4-6-15(23-2)7-5-14/h4-7H,3,8-13H2,1-2H3,(H,18,21). The molecule has 1 N–H and O–H groups in total. The van der Waals surface area contributed by atoms with Crippen LogP contribution in [0.25, 0.3) is 0 Å². The Morgan fingerprint density at radius 3 is 2.38 bits per heavy atom. The zero-order chi connectivity index (χ0) is 17.4. The summed E-state index contributed by atoms with van der Waals surface area (Å²) in [6.07, 6.45) is -0.277. The average molecular weight is 335 g/mol. The summed E-state index contributed by atoms with van der Waals surface area (Å²) in [5.74, 6) is 0.778. The molecule has 7 heteroatoms. The summed E-state index contributed by atoms with van der Waals surface area (Å²) in [6.45, 7) is 5.53. The summed E-state index contributed by atoms with van der Waals surface area (Å²) in [4.78, 5) is 27.4. The van der Waals surface area contributed by atoms with Crippen molar-refractivity contribution in [2.75, 3.05) is 46.4 Å². The zero-order valence-electron chi connectivity index (χ0n) is 14.3. The van der Waals surface area contributed by atoms with Gasteiger partial charge in [-0.25, -0.2) is 4.79 Å². The topological polar surface area (TPSA) is 71.1 Å². The molecule has 0 aromatic heterocycles. The second-order valence-electron chi connectivity index (χ2n) is 5.59. The van der Waals surface area contributed by atoms with Gasteiger partial charge in [0.2, 0.25) is 5.91 Å². The minimum absolute atomic E-state index is 0.0181. The Balaban J connectivity index is 1.68. The quantitative estimate of drug-likeness (QED) is 0.842. The number of piperazine rings is 1. The van der Waals surface area contributed by atoms with Crippen molar-refractivity contribution >= 4 is 12.0 Å². The molecule has 0 radical (unpaired) electrons. The van der Waals surface area contributed by atoms with Gasteiger partial charge in [0.25, 0.3) is 0 Å². The van der Waals surface area contributed by atoms with Gasteiger partial charge in [-0.3, -0.25) is 9.69 Å². The van der Waals surface area contributed by atoms with Crippen LogP contribution < -0.4 is 10.1 Å². The SMILES string of the molecule is CCOC(=O)N1CCN(CC(=O)NCc2ccc(OC)cc2)CC1. The fourth-order valence-electron chi connectivity index (χ4n) is 2.51. The summed E-state index contributed by atoms with van der Waals surface area (Å²) in [6, 6.07) is 7.60. The monoisotopic (exact) mass is 335 g/mol. The van der Waals surface area contributed by atoms with E-state index in [1.165, 1.54) is 0 Å². The smallest absolute Gasteiger partial charge is 0.409 e. The molecule has 1 heterocycles. The first kappa shape index (κ1) is 18.1. The predicted molar refractivity (Wildman–Crippen MR) is 89.9 cm³/mol. The van der Waals surface area contributed by atoms with Gasteiger partial charge in [-0.15, -0.1) is 0 Å². The molecule has 1 fully saturated rings. The number of amides is 2. The van der Waals surface area contributed by atoms with Gasteiger partial charge in [-0.2, -0.15) is 0 Å². The van der Waals surface area contributed by atoms with Crippen LogP contribution in [0.3, 0.4) is 0 Å². The highest BCUT2D eigenvalue weighted by Gasteiger charge is 2.22. The van der Waals surface area contributed by atoms with Gasteiger partial charge in [-0.1, -0.05) is 12.1 Å². The third-order valence-corrected chi connectivity index (χ3v) is 3.91. The lowest BCUT2D eigenvalue weighted by Crippen LogP contribution is -2.51. The Bertz CT molecular complexity index is 539. The van der Waals surface area contributed by atoms with Crippen LogP contribution in [0.15, 0.2) is 24.3 Å². The van der Waals surface area contributed by atoms with E-state index in [4.69, 9.17) is 9.47 Å². The van der Waals surface area contributed by atoms with Gasteiger partial charge in [-0.05, 0) is 24.6 Å². The van der Waals surface area contributed by atoms with E-state index in [-0.39, 0.29) is 12.0 Å². The number of carbonyl (C=O) groups excluding carboxylic acids is 2. The van der Waals surface area contributed by atoms with Crippen LogP contribution in [0, 0.1) is 0 Å². The molecule has 1 aliphatic heterocycles. The summed E-state index contributed by atoms with van der Waals surface area (Å²) in [5, 5.41) is 2.91. The number of nitrogens with one attached hydrogen (secondary N) is 1. The number of rotatable bonds is 6. The van der Waals surface area contributed by atoms with E-state index >= 15 is 0 Å². The highest BCUT2D eigenvalue weighted by molar-refractivity contribution is 5.78. The van der Waals surface area contributed by atoms with Crippen molar-refractivity contribution in [3.8, 4) is 5.75 Å². The number of nitrogens with zero attached hydrogens (tertiary/aromatic N) is 2. The second-order valence-corrected chi connectivity index (χ2v) is 5.59. The van der Waals surface area contributed by atoms with E-state index < -0.39 is 0 Å². The first-order valence-electron chi connectivity index (χ1n) is 8.16. The van der Waals surface area contributed by atoms with Gasteiger partial charge >= 0.3 is 6.09 Å². The zero-order valence-corrected chi connectivity index (χ0v) is 14.3. The molecule has 2 rings (SSSR count). The Morgan fingerprint density at radius 1 is 1.12 bits per heavy atom. The fraction of sp³-hybridized carbons (Fsp3) is 0.529. The molecule has 24 heavy (non-hydrogen) atoms. The third kappa shape index (κ3) is 5.42. The number of benzene rings is 1. The molecule has 0 aliphatic carbocycles. The largest absolute Gasteiger partial charge is 0.497 e. The average Bonchev–Trinajstić information content (AvgIpc) is 2.61. The third-order valence-electron chi connectivity index (χ3n) is 3.91. The number of ether oxygens (including phenoxy) is 2. The van der Waals surface area contributed by atoms with Crippen LogP contribution in [-0.2, 0) is 16.1 Å². The second kappa shape index (κ2) is 9.12. The summed E-state index contributed by atoms with van der Waals surface area (Å²) in [5.41, 5.74) is 1.02. The number of hydrogen-bond acceptors (Lipinski definition) is 5. The molecule has 7 nitrogen and oxygen atoms in total. The van der Waals surface area contributed by atoms with Crippen molar-refractivity contribution in [3.05, 3.63) is 29.8 Å². The molecule has 0 unspecified atom stereocenters. The highest BCUT2D eigenvalue weighted by Crippen LogP contribution is 2.11. The lowest BCUT2D eigenvalue weighted by Gasteiger charge is -2.33. The van der Waals surface area contributed by atoms with Crippen molar-refractivity contribution in [2.24, 2.45) is 0 Å². The van der Waals surface area contributed by atoms with Crippen molar-refractivity contribution in [1.29, 1.82) is 0 Å². The van der Waals surface area contributed by atoms with Crippen LogP contribution in [0.5, 0.6) is 5.75 Å². The Kier molecular flexibility index (Phi) is 6.87. The molecule has 0 bridgehead atoms. The number of hydrogen-bond donors (Lipinski definition) is 1. The van der Waals surface area contributed by atoms with Gasteiger partial charge in [0.15, 0.2) is 0 Å². The predicted octanol–water partition coefficient (Wildman–Crippen LogP) is 1.09. The maximum Gasteiger partial charge on any atom is 0.409 e. The molecule has 2 amide bonds. The van der Waals surface area contributed by atoms with Crippen LogP contribution in [-0.4, -0.2) is 68.2 Å². The molecule has 1 aromatic rings. The first-order valence-corrected chi connectivity index (χ1v) is 8.16. The molecule has 0 atom stereocenters. The maximum absolute atomic E-state index is 12.0. The van der Waals surface area contributed by atoms with Crippen molar-refractivity contribution in [2.45, 2.75) is 13.5 Å². The Morgan fingerprint density at radius 2 is 1.79 bits per heavy atom. The highest BCUT2D eigenvalue weighted by atomic mass is 16.6. The Hall–Kier alpha value is -2.28. The lowest BCUT2D eigenvalue weighted by molar-refractivity contribution is -0.122. The van der Waals surface area contributed by atoms with Crippen LogP contribution in [0.4, 0.5) is 4.79 Å². The summed E-state index contributed by atoms with van der Waals surface area (Å²) < 4.78 is 10.1. The summed E-state index contributed by atoms with van der Waals surface area (Å²) >= 11 is 0. The Labute approximate surface area is 142 Å². The molecule has 1 aromatic carbocycles. The van der Waals surface area contributed by atoms with Crippen molar-refractivity contribution in [1.82, 2.24) is 15.1 Å². The molecular weight excluding hydrogens is 310 g/mol. The van der Waals surface area contributed by atoms with Gasteiger partial charge < -0.3 is 19.7 Å². The lowest BCUT2D eigenvalue weighted by atomic mass is 10.2. The van der Waals surface area contributed by atoms with Crippen LogP contribution in [0.2, 0.25) is 0 Å². The van der Waals surface area contributed by atoms with Crippen molar-refractivity contribution < 1.29 is 19.1 Å². The van der Waals surface area contributed by atoms with E-state index in [2.05, 4.69) is 5.32 Å². The molecule has 0 saturated carbocycles. The van der Waals surface area contributed by atoms with E-state index in [0.717, 1.165) is 11.3 Å². The van der Waals surface area contributed by atoms with E-state index in [9.17, 15) is 9.59 Å². The van der Waals surface area contributed by atoms with Gasteiger partial charge in [0, 0.05) is 32.7 Å². The first-order chi connectivity index (χ1) is 11.6. The van der Waals surface area contributed by atoms with Crippen LogP contribution >= 0.6 is 0 Å². The van der Waals surface area contributed by atoms with Crippen molar-refractivity contribution in [3.63, 3.8) is 0 Å².